The van der Waals surface area contributed by atoms with Gasteiger partial charge in [0.05, 0.1) is 6.61 Å². The summed E-state index contributed by atoms with van der Waals surface area (Å²) >= 11 is 0. The van der Waals surface area contributed by atoms with E-state index in [1.807, 2.05) is 4.98 Å². The van der Waals surface area contributed by atoms with Crippen LogP contribution in [0.4, 0.5) is 5.82 Å². The minimum absolute atomic E-state index is 0.187. The van der Waals surface area contributed by atoms with Crippen LogP contribution < -0.4 is 16.7 Å². The average Bonchev–Trinajstić information content (AvgIpc) is 2.75. The van der Waals surface area contributed by atoms with E-state index in [1.54, 1.807) is 5.48 Å². The predicted molar refractivity (Wildman–Crippen MR) is 69.5 cm³/mol. The van der Waals surface area contributed by atoms with Crippen molar-refractivity contribution in [2.75, 3.05) is 18.7 Å². The van der Waals surface area contributed by atoms with Gasteiger partial charge >= 0.3 is 5.69 Å². The van der Waals surface area contributed by atoms with Crippen LogP contribution in [0, 0.1) is 0 Å². The van der Waals surface area contributed by atoms with E-state index in [2.05, 4.69) is 0 Å². The van der Waals surface area contributed by atoms with Crippen molar-refractivity contribution >= 4 is 12.1 Å². The lowest BCUT2D eigenvalue weighted by atomic mass is 10.1. The summed E-state index contributed by atoms with van der Waals surface area (Å²) in [5, 5.41) is 28.9. The van der Waals surface area contributed by atoms with E-state index < -0.39 is 35.8 Å². The third-order valence-corrected chi connectivity index (χ3v) is 3.15. The Morgan fingerprint density at radius 2 is 2.14 bits per heavy atom. The molecule has 5 N–H and O–H groups in total. The minimum Gasteiger partial charge on any atom is -0.387 e. The quantitative estimate of drug-likeness (QED) is 0.211. The highest BCUT2D eigenvalue weighted by atomic mass is 16.6. The molecule has 1 fully saturated rings. The number of anilines is 1. The Bertz CT molecular complexity index is 641. The molecule has 122 valence electrons. The normalized spacial score (nSPS) is 27.8. The molecular weight excluding hydrogens is 302 g/mol. The number of rotatable bonds is 6. The van der Waals surface area contributed by atoms with Gasteiger partial charge in [0.15, 0.2) is 6.23 Å². The number of aliphatic hydroxyl groups is 2. The monoisotopic (exact) mass is 317 g/mol. The molecule has 11 heteroatoms. The number of nitrogens with zero attached hydrogens (tertiary/aromatic N) is 1. The predicted octanol–water partition coefficient (Wildman–Crippen LogP) is -2.83. The van der Waals surface area contributed by atoms with Crippen molar-refractivity contribution in [2.24, 2.45) is 0 Å². The van der Waals surface area contributed by atoms with E-state index in [0.717, 1.165) is 10.6 Å². The first-order valence-corrected chi connectivity index (χ1v) is 6.28. The molecule has 0 bridgehead atoms. The van der Waals surface area contributed by atoms with E-state index in [1.165, 1.54) is 0 Å². The number of aromatic nitrogens is 2. The summed E-state index contributed by atoms with van der Waals surface area (Å²) < 4.78 is 11.0. The molecule has 2 unspecified atom stereocenters. The van der Waals surface area contributed by atoms with E-state index in [4.69, 9.17) is 14.7 Å². The van der Waals surface area contributed by atoms with Gasteiger partial charge in [-0.3, -0.25) is 20.5 Å². The number of hydrogen-bond donors (Lipinski definition) is 5. The fraction of sp³-hybridized carbons (Fsp3) is 0.545. The molecule has 0 aromatic carbocycles. The molecule has 0 spiro atoms. The first-order valence-electron chi connectivity index (χ1n) is 6.28. The zero-order valence-corrected chi connectivity index (χ0v) is 11.2. The number of nitrogens with one attached hydrogen (secondary N) is 2. The zero-order chi connectivity index (χ0) is 16.3. The Morgan fingerprint density at radius 1 is 1.41 bits per heavy atom. The lowest BCUT2D eigenvalue weighted by Gasteiger charge is -2.19. The van der Waals surface area contributed by atoms with Crippen LogP contribution in [0.2, 0.25) is 0 Å². The van der Waals surface area contributed by atoms with Crippen molar-refractivity contribution in [1.82, 2.24) is 9.55 Å². The van der Waals surface area contributed by atoms with Crippen molar-refractivity contribution in [3.63, 3.8) is 0 Å². The van der Waals surface area contributed by atoms with Gasteiger partial charge < -0.3 is 24.5 Å². The Morgan fingerprint density at radius 3 is 2.77 bits per heavy atom. The van der Waals surface area contributed by atoms with Crippen LogP contribution in [0.1, 0.15) is 6.23 Å². The minimum atomic E-state index is -1.51. The molecule has 4 atom stereocenters. The van der Waals surface area contributed by atoms with Crippen LogP contribution in [0.25, 0.3) is 0 Å². The molecule has 1 aromatic rings. The topological polar surface area (TPSA) is 163 Å². The van der Waals surface area contributed by atoms with Crippen molar-refractivity contribution in [3.8, 4) is 0 Å². The molecule has 1 saturated heterocycles. The molecule has 0 amide bonds. The second-order valence-electron chi connectivity index (χ2n) is 4.56. The Hall–Kier alpha value is -2.05. The highest BCUT2D eigenvalue weighted by Gasteiger charge is 2.44. The van der Waals surface area contributed by atoms with Crippen molar-refractivity contribution in [1.29, 1.82) is 0 Å². The van der Waals surface area contributed by atoms with Gasteiger partial charge in [-0.25, -0.2) is 9.36 Å². The summed E-state index contributed by atoms with van der Waals surface area (Å²) in [4.78, 5) is 35.1. The molecule has 1 aliphatic heterocycles. The molecule has 2 heterocycles. The molecule has 11 nitrogen and oxygen atoms in total. The number of ether oxygens (including phenoxy) is 2. The molecule has 2 rings (SSSR count). The Kier molecular flexibility index (Phi) is 5.05. The third kappa shape index (κ3) is 3.08. The zero-order valence-electron chi connectivity index (χ0n) is 11.2. The van der Waals surface area contributed by atoms with Gasteiger partial charge in [0.2, 0.25) is 0 Å². The summed E-state index contributed by atoms with van der Waals surface area (Å²) in [5.41, 5.74) is -0.0669. The summed E-state index contributed by atoms with van der Waals surface area (Å²) in [6.07, 6.45) is -4.75. The van der Waals surface area contributed by atoms with Crippen LogP contribution in [0.15, 0.2) is 15.7 Å². The van der Waals surface area contributed by atoms with Gasteiger partial charge in [0, 0.05) is 6.07 Å². The number of H-pyrrole nitrogens is 1. The number of carbonyl (C=O) groups excluding carboxylic acids is 1. The highest BCUT2D eigenvalue weighted by molar-refractivity contribution is 5.50. The molecule has 0 saturated carbocycles. The molecular formula is C11H15N3O8. The van der Waals surface area contributed by atoms with Crippen LogP contribution in [-0.4, -0.2) is 62.8 Å². The first-order chi connectivity index (χ1) is 10.5. The third-order valence-electron chi connectivity index (χ3n) is 3.15. The maximum absolute atomic E-state index is 11.8. The second-order valence-corrected chi connectivity index (χ2v) is 4.56. The van der Waals surface area contributed by atoms with Gasteiger partial charge in [0.25, 0.3) is 5.56 Å². The molecule has 1 aromatic heterocycles. The number of aldehydes is 1. The number of hydrogen-bond acceptors (Lipinski definition) is 9. The van der Waals surface area contributed by atoms with Gasteiger partial charge in [-0.1, -0.05) is 0 Å². The van der Waals surface area contributed by atoms with Crippen LogP contribution in [0.5, 0.6) is 0 Å². The summed E-state index contributed by atoms with van der Waals surface area (Å²) in [5.74, 6) is -0.320. The Labute approximate surface area is 122 Å². The van der Waals surface area contributed by atoms with Gasteiger partial charge in [-0.05, 0) is 0 Å². The number of aliphatic hydroxyl groups excluding tert-OH is 2. The summed E-state index contributed by atoms with van der Waals surface area (Å²) in [7, 11) is 0. The SMILES string of the molecule is O=CCOC[C@@H]1O[C@H](n2c(NO)cc(=O)[nH]c2=O)C(O)C1O. The largest absolute Gasteiger partial charge is 0.387 e. The van der Waals surface area contributed by atoms with Crippen LogP contribution >= 0.6 is 0 Å². The molecule has 1 aliphatic rings. The van der Waals surface area contributed by atoms with Crippen molar-refractivity contribution < 1.29 is 29.7 Å². The van der Waals surface area contributed by atoms with E-state index >= 15 is 0 Å². The van der Waals surface area contributed by atoms with E-state index in [-0.39, 0.29) is 19.0 Å². The molecule has 22 heavy (non-hydrogen) atoms. The van der Waals surface area contributed by atoms with Gasteiger partial charge in [-0.2, -0.15) is 0 Å². The summed E-state index contributed by atoms with van der Waals surface area (Å²) in [6.45, 7) is -0.400. The highest BCUT2D eigenvalue weighted by Crippen LogP contribution is 2.30. The van der Waals surface area contributed by atoms with Crippen molar-refractivity contribution in [2.45, 2.75) is 24.5 Å². The van der Waals surface area contributed by atoms with Gasteiger partial charge in [-0.15, -0.1) is 0 Å². The first kappa shape index (κ1) is 16.3. The summed E-state index contributed by atoms with van der Waals surface area (Å²) in [6, 6.07) is 0.875. The standard InChI is InChI=1S/C11H15N3O8/c15-1-2-21-4-5-8(17)9(18)10(22-5)14-6(13-20)3-7(16)12-11(14)19/h1,3,5,8-10,13,17-18,20H,2,4H2,(H,12,16,19)/t5-,8?,9?,10-/m0/s1. The molecule has 0 radical (unpaired) electrons. The Balaban J connectivity index is 2.28. The number of aromatic amines is 1. The van der Waals surface area contributed by atoms with E-state index in [9.17, 15) is 24.6 Å². The molecule has 0 aliphatic carbocycles. The lowest BCUT2D eigenvalue weighted by molar-refractivity contribution is -0.115. The lowest BCUT2D eigenvalue weighted by Crippen LogP contribution is -2.39. The fourth-order valence-corrected chi connectivity index (χ4v) is 2.16. The smallest absolute Gasteiger partial charge is 0.332 e. The fourth-order valence-electron chi connectivity index (χ4n) is 2.16. The van der Waals surface area contributed by atoms with Crippen LogP contribution in [-0.2, 0) is 14.3 Å². The van der Waals surface area contributed by atoms with E-state index in [0.29, 0.717) is 6.29 Å². The second kappa shape index (κ2) is 6.81. The number of carbonyl (C=O) groups is 1. The maximum Gasteiger partial charge on any atom is 0.332 e. The van der Waals surface area contributed by atoms with Crippen molar-refractivity contribution in [3.05, 3.63) is 26.9 Å². The van der Waals surface area contributed by atoms with Gasteiger partial charge in [0.1, 0.15) is 37.0 Å². The average molecular weight is 317 g/mol. The maximum atomic E-state index is 11.8. The van der Waals surface area contributed by atoms with Crippen LogP contribution in [0.3, 0.4) is 0 Å².